The molecule has 0 aromatic heterocycles. The maximum atomic E-state index is 12.2. The van der Waals surface area contributed by atoms with E-state index >= 15 is 0 Å². The molecule has 5 heteroatoms. The first-order chi connectivity index (χ1) is 15.8. The Labute approximate surface area is 210 Å². The molecular weight excluding hydrogens is 423 g/mol. The molecule has 34 heavy (non-hydrogen) atoms. The fourth-order valence-corrected chi connectivity index (χ4v) is 5.32. The standard InChI is InChI=1S/C29H51BO4/c1-9-19-29(21-15-18-25(31)32-26(2,3)4)20-13-12-17-24(23-29)16-11-10-14-22-30-33-27(5,6)28(7,8)34-30/h14,17,22H,9-13,15-16,18-21,23H2,1-8H3. The monoisotopic (exact) mass is 474 g/mol. The first-order valence-electron chi connectivity index (χ1n) is 13.7. The van der Waals surface area contributed by atoms with Crippen LogP contribution in [-0.4, -0.2) is 29.9 Å². The Balaban J connectivity index is 1.83. The van der Waals surface area contributed by atoms with Crippen LogP contribution in [0.1, 0.15) is 132 Å². The van der Waals surface area contributed by atoms with Crippen LogP contribution in [0.5, 0.6) is 0 Å². The lowest BCUT2D eigenvalue weighted by Gasteiger charge is -2.34. The van der Waals surface area contributed by atoms with E-state index in [4.69, 9.17) is 14.0 Å². The van der Waals surface area contributed by atoms with E-state index in [1.807, 2.05) is 20.8 Å². The van der Waals surface area contributed by atoms with Gasteiger partial charge in [-0.25, -0.2) is 0 Å². The molecule has 1 unspecified atom stereocenters. The fraction of sp³-hybridized carbons (Fsp3) is 0.828. The molecule has 1 aliphatic carbocycles. The molecule has 1 aliphatic heterocycles. The highest BCUT2D eigenvalue weighted by Crippen LogP contribution is 2.44. The van der Waals surface area contributed by atoms with E-state index < -0.39 is 5.60 Å². The van der Waals surface area contributed by atoms with E-state index in [1.54, 1.807) is 5.57 Å². The third-order valence-corrected chi connectivity index (χ3v) is 7.67. The van der Waals surface area contributed by atoms with E-state index in [1.165, 1.54) is 38.5 Å². The second-order valence-corrected chi connectivity index (χ2v) is 12.6. The summed E-state index contributed by atoms with van der Waals surface area (Å²) in [5.41, 5.74) is 1.01. The Morgan fingerprint density at radius 3 is 2.41 bits per heavy atom. The molecule has 0 radical (unpaired) electrons. The summed E-state index contributed by atoms with van der Waals surface area (Å²) in [6.45, 7) is 16.5. The van der Waals surface area contributed by atoms with E-state index in [2.05, 4.69) is 52.7 Å². The summed E-state index contributed by atoms with van der Waals surface area (Å²) in [4.78, 5) is 12.2. The van der Waals surface area contributed by atoms with Crippen LogP contribution in [0, 0.1) is 5.41 Å². The van der Waals surface area contributed by atoms with Crippen LogP contribution in [0.2, 0.25) is 0 Å². The predicted octanol–water partition coefficient (Wildman–Crippen LogP) is 8.14. The summed E-state index contributed by atoms with van der Waals surface area (Å²) in [6.07, 6.45) is 18.0. The second kappa shape index (κ2) is 12.3. The average molecular weight is 475 g/mol. The van der Waals surface area contributed by atoms with Gasteiger partial charge in [0.25, 0.3) is 0 Å². The van der Waals surface area contributed by atoms with Gasteiger partial charge in [-0.05, 0) is 118 Å². The average Bonchev–Trinajstić information content (AvgIpc) is 2.80. The maximum Gasteiger partial charge on any atom is 0.486 e. The number of hydrogen-bond acceptors (Lipinski definition) is 4. The highest BCUT2D eigenvalue weighted by atomic mass is 16.7. The van der Waals surface area contributed by atoms with Crippen LogP contribution in [-0.2, 0) is 18.8 Å². The van der Waals surface area contributed by atoms with E-state index in [0.717, 1.165) is 32.1 Å². The minimum atomic E-state index is -0.396. The summed E-state index contributed by atoms with van der Waals surface area (Å²) in [7, 11) is -0.246. The van der Waals surface area contributed by atoms with Crippen molar-refractivity contribution in [2.75, 3.05) is 0 Å². The van der Waals surface area contributed by atoms with Gasteiger partial charge in [0, 0.05) is 6.42 Å². The first kappa shape index (κ1) is 29.2. The summed E-state index contributed by atoms with van der Waals surface area (Å²) in [6, 6.07) is 0. The largest absolute Gasteiger partial charge is 0.486 e. The summed E-state index contributed by atoms with van der Waals surface area (Å²) in [5, 5.41) is 0. The molecule has 0 N–H and O–H groups in total. The van der Waals surface area contributed by atoms with Crippen molar-refractivity contribution in [3.8, 4) is 0 Å². The highest BCUT2D eigenvalue weighted by Gasteiger charge is 2.49. The molecule has 1 heterocycles. The first-order valence-corrected chi connectivity index (χ1v) is 13.7. The Morgan fingerprint density at radius 2 is 1.79 bits per heavy atom. The third-order valence-electron chi connectivity index (χ3n) is 7.67. The quantitative estimate of drug-likeness (QED) is 0.131. The molecule has 0 spiro atoms. The molecule has 1 fully saturated rings. The zero-order valence-corrected chi connectivity index (χ0v) is 23.4. The topological polar surface area (TPSA) is 44.8 Å². The smallest absolute Gasteiger partial charge is 0.460 e. The molecule has 4 nitrogen and oxygen atoms in total. The summed E-state index contributed by atoms with van der Waals surface area (Å²) in [5.74, 6) is 2.02. The molecule has 0 saturated carbocycles. The van der Waals surface area contributed by atoms with Gasteiger partial charge < -0.3 is 14.0 Å². The maximum absolute atomic E-state index is 12.2. The van der Waals surface area contributed by atoms with Crippen molar-refractivity contribution in [1.29, 1.82) is 0 Å². The number of hydrogen-bond donors (Lipinski definition) is 0. The number of ether oxygens (including phenoxy) is 1. The van der Waals surface area contributed by atoms with Crippen molar-refractivity contribution < 1.29 is 18.8 Å². The predicted molar refractivity (Wildman–Crippen MR) is 143 cm³/mol. The van der Waals surface area contributed by atoms with Gasteiger partial charge in [0.15, 0.2) is 0 Å². The lowest BCUT2D eigenvalue weighted by molar-refractivity contribution is -0.155. The normalized spacial score (nSPS) is 24.8. The Kier molecular flexibility index (Phi) is 10.5. The molecule has 2 rings (SSSR count). The van der Waals surface area contributed by atoms with Gasteiger partial charge in [0.2, 0.25) is 0 Å². The zero-order valence-electron chi connectivity index (χ0n) is 23.4. The van der Waals surface area contributed by atoms with Crippen molar-refractivity contribution >= 4 is 13.1 Å². The van der Waals surface area contributed by atoms with E-state index in [0.29, 0.717) is 11.8 Å². The van der Waals surface area contributed by atoms with Crippen molar-refractivity contribution in [3.63, 3.8) is 0 Å². The van der Waals surface area contributed by atoms with E-state index in [-0.39, 0.29) is 24.3 Å². The zero-order chi connectivity index (χ0) is 25.5. The van der Waals surface area contributed by atoms with Gasteiger partial charge in [-0.1, -0.05) is 37.0 Å². The highest BCUT2D eigenvalue weighted by molar-refractivity contribution is 6.51. The molecule has 2 aliphatic rings. The van der Waals surface area contributed by atoms with Crippen LogP contribution in [0.3, 0.4) is 0 Å². The lowest BCUT2D eigenvalue weighted by Crippen LogP contribution is -2.41. The minimum Gasteiger partial charge on any atom is -0.460 e. The minimum absolute atomic E-state index is 0.0580. The lowest BCUT2D eigenvalue weighted by atomic mass is 9.71. The Morgan fingerprint density at radius 1 is 1.12 bits per heavy atom. The number of carbonyl (C=O) groups is 1. The molecule has 0 aromatic carbocycles. The number of carbonyl (C=O) groups excluding carboxylic acids is 1. The van der Waals surface area contributed by atoms with Gasteiger partial charge in [-0.15, -0.1) is 0 Å². The van der Waals surface area contributed by atoms with Crippen LogP contribution in [0.4, 0.5) is 0 Å². The number of unbranched alkanes of at least 4 members (excludes halogenated alkanes) is 1. The van der Waals surface area contributed by atoms with Gasteiger partial charge in [-0.2, -0.15) is 0 Å². The summed E-state index contributed by atoms with van der Waals surface area (Å²) >= 11 is 0. The van der Waals surface area contributed by atoms with Gasteiger partial charge in [-0.3, -0.25) is 4.79 Å². The fourth-order valence-electron chi connectivity index (χ4n) is 5.32. The van der Waals surface area contributed by atoms with Crippen LogP contribution in [0.15, 0.2) is 23.7 Å². The summed E-state index contributed by atoms with van der Waals surface area (Å²) < 4.78 is 17.6. The SMILES string of the molecule is CCCC1(CCCC(=O)OC(C)(C)C)CCCC=C(CCCC=CB2OC(C)(C)C(C)(C)O2)C1. The van der Waals surface area contributed by atoms with Crippen LogP contribution in [0.25, 0.3) is 0 Å². The van der Waals surface area contributed by atoms with Gasteiger partial charge in [0.1, 0.15) is 5.60 Å². The van der Waals surface area contributed by atoms with Gasteiger partial charge in [0.05, 0.1) is 11.2 Å². The van der Waals surface area contributed by atoms with Crippen molar-refractivity contribution in [2.24, 2.45) is 5.41 Å². The van der Waals surface area contributed by atoms with Crippen molar-refractivity contribution in [3.05, 3.63) is 23.7 Å². The van der Waals surface area contributed by atoms with Crippen LogP contribution >= 0.6 is 0 Å². The molecule has 0 amide bonds. The number of allylic oxidation sites excluding steroid dienone is 3. The van der Waals surface area contributed by atoms with Crippen molar-refractivity contribution in [2.45, 2.75) is 149 Å². The molecule has 1 saturated heterocycles. The molecular formula is C29H51BO4. The second-order valence-electron chi connectivity index (χ2n) is 12.6. The number of esters is 1. The number of rotatable bonds is 11. The molecule has 0 aromatic rings. The van der Waals surface area contributed by atoms with Gasteiger partial charge >= 0.3 is 13.1 Å². The van der Waals surface area contributed by atoms with Crippen LogP contribution < -0.4 is 0 Å². The molecule has 194 valence electrons. The van der Waals surface area contributed by atoms with E-state index in [9.17, 15) is 4.79 Å². The van der Waals surface area contributed by atoms with Crippen molar-refractivity contribution in [1.82, 2.24) is 0 Å². The Hall–Kier alpha value is -1.07. The molecule has 0 bridgehead atoms. The Bertz CT molecular complexity index is 700. The third kappa shape index (κ3) is 9.19. The molecule has 1 atom stereocenters.